The average molecular weight is 380 g/mol. The van der Waals surface area contributed by atoms with Gasteiger partial charge in [-0.3, -0.25) is 4.79 Å². The van der Waals surface area contributed by atoms with Gasteiger partial charge in [-0.15, -0.1) is 0 Å². The molecule has 1 unspecified atom stereocenters. The minimum absolute atomic E-state index is 0.0674. The molecule has 0 bridgehead atoms. The quantitative estimate of drug-likeness (QED) is 0.710. The number of benzene rings is 1. The summed E-state index contributed by atoms with van der Waals surface area (Å²) >= 11 is 0. The van der Waals surface area contributed by atoms with E-state index < -0.39 is 12.0 Å². The first-order chi connectivity index (χ1) is 13.4. The number of amides is 1. The first-order valence-electron chi connectivity index (χ1n) is 9.66. The van der Waals surface area contributed by atoms with Crippen molar-refractivity contribution in [3.8, 4) is 0 Å². The molecule has 0 aliphatic heterocycles. The molecular weight excluding hydrogens is 356 g/mol. The third kappa shape index (κ3) is 3.10. The van der Waals surface area contributed by atoms with Gasteiger partial charge in [0, 0.05) is 29.2 Å². The van der Waals surface area contributed by atoms with E-state index in [1.807, 2.05) is 42.6 Å². The van der Waals surface area contributed by atoms with Gasteiger partial charge in [-0.2, -0.15) is 5.10 Å². The number of aryl methyl sites for hydroxylation is 2. The van der Waals surface area contributed by atoms with Gasteiger partial charge in [0.25, 0.3) is 0 Å². The fraction of sp³-hybridized carbons (Fsp3) is 0.429. The van der Waals surface area contributed by atoms with E-state index in [9.17, 15) is 14.7 Å². The number of carboxylic acid groups (broad SMARTS) is 1. The van der Waals surface area contributed by atoms with Crippen molar-refractivity contribution in [1.29, 1.82) is 0 Å². The lowest BCUT2D eigenvalue weighted by Gasteiger charge is -2.26. The molecule has 0 saturated heterocycles. The van der Waals surface area contributed by atoms with Crippen LogP contribution in [0.5, 0.6) is 0 Å². The topological polar surface area (TPSA) is 87.8 Å². The number of hydrogen-bond acceptors (Lipinski definition) is 4. The van der Waals surface area contributed by atoms with Gasteiger partial charge in [-0.05, 0) is 57.7 Å². The Morgan fingerprint density at radius 2 is 2.00 bits per heavy atom. The molecule has 28 heavy (non-hydrogen) atoms. The van der Waals surface area contributed by atoms with Crippen LogP contribution in [-0.4, -0.2) is 48.6 Å². The number of aliphatic carboxylic acids is 1. The van der Waals surface area contributed by atoms with Gasteiger partial charge in [0.2, 0.25) is 5.91 Å². The van der Waals surface area contributed by atoms with E-state index in [-0.39, 0.29) is 18.4 Å². The van der Waals surface area contributed by atoms with Crippen LogP contribution in [0.25, 0.3) is 16.6 Å². The predicted molar refractivity (Wildman–Crippen MR) is 105 cm³/mol. The van der Waals surface area contributed by atoms with Crippen LogP contribution >= 0.6 is 0 Å². The molecule has 0 spiro atoms. The molecule has 3 aromatic rings. The SMILES string of the molecule is Cc1nc2c3ccccc3nn2c(C)c1CCC(=O)N(C1CC1)C(C)C(=O)O. The van der Waals surface area contributed by atoms with Gasteiger partial charge in [0.05, 0.1) is 5.52 Å². The predicted octanol–water partition coefficient (Wildman–Crippen LogP) is 2.90. The monoisotopic (exact) mass is 380 g/mol. The molecule has 7 nitrogen and oxygen atoms in total. The summed E-state index contributed by atoms with van der Waals surface area (Å²) in [6.45, 7) is 5.52. The van der Waals surface area contributed by atoms with Crippen molar-refractivity contribution < 1.29 is 14.7 Å². The van der Waals surface area contributed by atoms with Crippen LogP contribution in [0.1, 0.15) is 43.1 Å². The number of carbonyl (C=O) groups excluding carboxylic acids is 1. The number of nitrogens with zero attached hydrogens (tertiary/aromatic N) is 4. The minimum Gasteiger partial charge on any atom is -0.480 e. The molecule has 7 heteroatoms. The van der Waals surface area contributed by atoms with Crippen molar-refractivity contribution in [1.82, 2.24) is 19.5 Å². The van der Waals surface area contributed by atoms with Crippen molar-refractivity contribution in [2.75, 3.05) is 0 Å². The Balaban J connectivity index is 1.62. The van der Waals surface area contributed by atoms with Gasteiger partial charge >= 0.3 is 5.97 Å². The molecule has 146 valence electrons. The summed E-state index contributed by atoms with van der Waals surface area (Å²) in [6.07, 6.45) is 2.55. The Morgan fingerprint density at radius 1 is 1.29 bits per heavy atom. The standard InChI is InChI=1S/C21H24N4O3/c1-12-16(10-11-19(26)24(15-8-9-15)14(3)21(27)28)13(2)25-20(22-12)17-6-4-5-7-18(17)23-25/h4-7,14-15H,8-11H2,1-3H3,(H,27,28). The highest BCUT2D eigenvalue weighted by Crippen LogP contribution is 2.30. The highest BCUT2D eigenvalue weighted by molar-refractivity contribution is 5.92. The Labute approximate surface area is 163 Å². The molecule has 1 N–H and O–H groups in total. The van der Waals surface area contributed by atoms with E-state index in [1.54, 1.807) is 11.8 Å². The van der Waals surface area contributed by atoms with Crippen molar-refractivity contribution in [2.24, 2.45) is 0 Å². The normalized spacial score (nSPS) is 15.1. The largest absolute Gasteiger partial charge is 0.480 e. The number of fused-ring (bicyclic) bond motifs is 3. The molecule has 1 amide bonds. The van der Waals surface area contributed by atoms with Crippen molar-refractivity contribution >= 4 is 28.4 Å². The van der Waals surface area contributed by atoms with E-state index >= 15 is 0 Å². The zero-order valence-electron chi connectivity index (χ0n) is 16.3. The van der Waals surface area contributed by atoms with Gasteiger partial charge in [0.1, 0.15) is 6.04 Å². The Kier molecular flexibility index (Phi) is 4.53. The summed E-state index contributed by atoms with van der Waals surface area (Å²) in [7, 11) is 0. The first-order valence-corrected chi connectivity index (χ1v) is 9.66. The highest BCUT2D eigenvalue weighted by atomic mass is 16.4. The van der Waals surface area contributed by atoms with Gasteiger partial charge in [0.15, 0.2) is 5.65 Å². The molecule has 1 aliphatic rings. The number of carbonyl (C=O) groups is 2. The summed E-state index contributed by atoms with van der Waals surface area (Å²) in [5.74, 6) is -1.07. The lowest BCUT2D eigenvalue weighted by atomic mass is 10.1. The third-order valence-electron chi connectivity index (χ3n) is 5.61. The summed E-state index contributed by atoms with van der Waals surface area (Å²) < 4.78 is 1.84. The van der Waals surface area contributed by atoms with Crippen molar-refractivity contribution in [3.63, 3.8) is 0 Å². The minimum atomic E-state index is -0.959. The molecular formula is C21H24N4O3. The van der Waals surface area contributed by atoms with E-state index in [0.29, 0.717) is 6.42 Å². The lowest BCUT2D eigenvalue weighted by Crippen LogP contribution is -2.44. The van der Waals surface area contributed by atoms with Crippen molar-refractivity contribution in [3.05, 3.63) is 41.2 Å². The van der Waals surface area contributed by atoms with E-state index in [4.69, 9.17) is 4.98 Å². The zero-order valence-corrected chi connectivity index (χ0v) is 16.3. The summed E-state index contributed by atoms with van der Waals surface area (Å²) in [4.78, 5) is 30.4. The van der Waals surface area contributed by atoms with Gasteiger partial charge in [-0.1, -0.05) is 12.1 Å². The fourth-order valence-electron chi connectivity index (χ4n) is 3.91. The van der Waals surface area contributed by atoms with E-state index in [0.717, 1.165) is 46.3 Å². The van der Waals surface area contributed by atoms with Crippen LogP contribution in [0.15, 0.2) is 24.3 Å². The molecule has 2 heterocycles. The molecule has 1 fully saturated rings. The summed E-state index contributed by atoms with van der Waals surface area (Å²) in [5.41, 5.74) is 4.55. The second kappa shape index (κ2) is 6.89. The zero-order chi connectivity index (χ0) is 20.0. The molecule has 0 radical (unpaired) electrons. The van der Waals surface area contributed by atoms with Crippen molar-refractivity contribution in [2.45, 2.75) is 58.5 Å². The first kappa shape index (κ1) is 18.4. The molecule has 1 atom stereocenters. The van der Waals surface area contributed by atoms with Crippen LogP contribution < -0.4 is 0 Å². The molecule has 4 rings (SSSR count). The second-order valence-electron chi connectivity index (χ2n) is 7.56. The van der Waals surface area contributed by atoms with Gasteiger partial charge < -0.3 is 10.0 Å². The van der Waals surface area contributed by atoms with Crippen LogP contribution in [0.3, 0.4) is 0 Å². The second-order valence-corrected chi connectivity index (χ2v) is 7.56. The lowest BCUT2D eigenvalue weighted by molar-refractivity contribution is -0.150. The van der Waals surface area contributed by atoms with Crippen LogP contribution in [0.4, 0.5) is 0 Å². The number of rotatable bonds is 6. The summed E-state index contributed by atoms with van der Waals surface area (Å²) in [6, 6.07) is 7.17. The fourth-order valence-corrected chi connectivity index (χ4v) is 3.91. The maximum Gasteiger partial charge on any atom is 0.326 e. The Hall–Kier alpha value is -2.96. The maximum atomic E-state index is 12.8. The average Bonchev–Trinajstić information content (AvgIpc) is 3.42. The number of carboxylic acids is 1. The summed E-state index contributed by atoms with van der Waals surface area (Å²) in [5, 5.41) is 15.0. The van der Waals surface area contributed by atoms with E-state index in [2.05, 4.69) is 5.10 Å². The number of hydrogen-bond donors (Lipinski definition) is 1. The van der Waals surface area contributed by atoms with Crippen LogP contribution in [0, 0.1) is 13.8 Å². The molecule has 1 saturated carbocycles. The Bertz CT molecular complexity index is 1080. The third-order valence-corrected chi connectivity index (χ3v) is 5.61. The van der Waals surface area contributed by atoms with Crippen LogP contribution in [0.2, 0.25) is 0 Å². The molecule has 2 aromatic heterocycles. The van der Waals surface area contributed by atoms with E-state index in [1.165, 1.54) is 0 Å². The Morgan fingerprint density at radius 3 is 2.68 bits per heavy atom. The number of aromatic nitrogens is 3. The molecule has 1 aromatic carbocycles. The maximum absolute atomic E-state index is 12.8. The smallest absolute Gasteiger partial charge is 0.326 e. The van der Waals surface area contributed by atoms with Gasteiger partial charge in [-0.25, -0.2) is 14.3 Å². The molecule has 1 aliphatic carbocycles. The highest BCUT2D eigenvalue weighted by Gasteiger charge is 2.38. The van der Waals surface area contributed by atoms with Crippen LogP contribution in [-0.2, 0) is 16.0 Å².